The van der Waals surface area contributed by atoms with Gasteiger partial charge in [-0.1, -0.05) is 53.6 Å². The third-order valence-corrected chi connectivity index (χ3v) is 4.76. The molecule has 0 atom stereocenters. The monoisotopic (exact) mass is 335 g/mol. The molecule has 2 nitrogen and oxygen atoms in total. The Bertz CT molecular complexity index is 687. The summed E-state index contributed by atoms with van der Waals surface area (Å²) in [6, 6.07) is 16.9. The highest BCUT2D eigenvalue weighted by Crippen LogP contribution is 2.19. The summed E-state index contributed by atoms with van der Waals surface area (Å²) in [6.07, 6.45) is 8.92. The summed E-state index contributed by atoms with van der Waals surface area (Å²) in [5, 5.41) is 3.56. The van der Waals surface area contributed by atoms with Crippen LogP contribution in [0.25, 0.3) is 0 Å². The van der Waals surface area contributed by atoms with E-state index in [1.807, 2.05) is 6.07 Å². The summed E-state index contributed by atoms with van der Waals surface area (Å²) < 4.78 is 5.94. The van der Waals surface area contributed by atoms with Crippen LogP contribution in [0.2, 0.25) is 0 Å². The minimum atomic E-state index is 0.616. The van der Waals surface area contributed by atoms with E-state index >= 15 is 0 Å². The van der Waals surface area contributed by atoms with Crippen molar-refractivity contribution in [2.45, 2.75) is 52.2 Å². The van der Waals surface area contributed by atoms with Crippen LogP contribution in [0, 0.1) is 6.92 Å². The van der Waals surface area contributed by atoms with Crippen molar-refractivity contribution in [3.63, 3.8) is 0 Å². The first-order chi connectivity index (χ1) is 12.3. The van der Waals surface area contributed by atoms with Gasteiger partial charge in [0.1, 0.15) is 12.4 Å². The predicted octanol–water partition coefficient (Wildman–Crippen LogP) is 5.55. The van der Waals surface area contributed by atoms with E-state index in [1.165, 1.54) is 48.8 Å². The molecule has 132 valence electrons. The molecular formula is C23H29NO. The van der Waals surface area contributed by atoms with E-state index in [0.717, 1.165) is 18.8 Å². The van der Waals surface area contributed by atoms with E-state index in [9.17, 15) is 0 Å². The van der Waals surface area contributed by atoms with Gasteiger partial charge in [0.05, 0.1) is 0 Å². The van der Waals surface area contributed by atoms with Crippen LogP contribution in [0.15, 0.2) is 60.2 Å². The van der Waals surface area contributed by atoms with Crippen LogP contribution < -0.4 is 10.1 Å². The fourth-order valence-electron chi connectivity index (χ4n) is 3.21. The third-order valence-electron chi connectivity index (χ3n) is 4.76. The molecule has 0 saturated carbocycles. The molecule has 1 aliphatic rings. The maximum atomic E-state index is 5.94. The number of ether oxygens (including phenoxy) is 1. The van der Waals surface area contributed by atoms with Gasteiger partial charge in [-0.05, 0) is 68.8 Å². The van der Waals surface area contributed by atoms with Crippen molar-refractivity contribution in [3.8, 4) is 5.75 Å². The summed E-state index contributed by atoms with van der Waals surface area (Å²) in [5.41, 5.74) is 5.39. The molecule has 0 aliphatic heterocycles. The summed E-state index contributed by atoms with van der Waals surface area (Å²) >= 11 is 0. The van der Waals surface area contributed by atoms with Crippen LogP contribution >= 0.6 is 0 Å². The lowest BCUT2D eigenvalue weighted by molar-refractivity contribution is 0.306. The Kier molecular flexibility index (Phi) is 6.70. The molecule has 0 radical (unpaired) electrons. The Balaban J connectivity index is 1.42. The Labute approximate surface area is 151 Å². The first-order valence-corrected chi connectivity index (χ1v) is 9.45. The van der Waals surface area contributed by atoms with Crippen LogP contribution in [-0.4, -0.2) is 6.54 Å². The quantitative estimate of drug-likeness (QED) is 0.504. The lowest BCUT2D eigenvalue weighted by Gasteiger charge is -2.13. The fraction of sp³-hybridized carbons (Fsp3) is 0.391. The number of benzene rings is 2. The van der Waals surface area contributed by atoms with Crippen molar-refractivity contribution >= 4 is 0 Å². The van der Waals surface area contributed by atoms with E-state index in [-0.39, 0.29) is 0 Å². The normalized spacial score (nSPS) is 14.2. The Morgan fingerprint density at radius 2 is 1.88 bits per heavy atom. The van der Waals surface area contributed by atoms with Crippen molar-refractivity contribution in [2.75, 3.05) is 6.54 Å². The molecule has 2 aromatic rings. The van der Waals surface area contributed by atoms with Gasteiger partial charge in [-0.2, -0.15) is 0 Å². The Hall–Kier alpha value is -2.06. The zero-order chi connectivity index (χ0) is 17.3. The van der Waals surface area contributed by atoms with Gasteiger partial charge >= 0.3 is 0 Å². The van der Waals surface area contributed by atoms with Crippen molar-refractivity contribution in [1.82, 2.24) is 5.32 Å². The highest BCUT2D eigenvalue weighted by Gasteiger charge is 2.03. The molecule has 25 heavy (non-hydrogen) atoms. The second-order valence-corrected chi connectivity index (χ2v) is 6.96. The molecule has 1 aliphatic carbocycles. The molecule has 3 rings (SSSR count). The summed E-state index contributed by atoms with van der Waals surface area (Å²) in [4.78, 5) is 0. The zero-order valence-electron chi connectivity index (χ0n) is 15.3. The van der Waals surface area contributed by atoms with E-state index in [1.54, 1.807) is 5.57 Å². The number of rotatable bonds is 8. The van der Waals surface area contributed by atoms with Crippen molar-refractivity contribution in [3.05, 3.63) is 76.9 Å². The molecule has 2 heteroatoms. The molecule has 0 fully saturated rings. The standard InChI is InChI=1S/C23H29NO/c1-19-10-12-21(13-11-19)18-25-23-9-5-8-22(16-23)17-24-15-14-20-6-3-2-4-7-20/h5-6,8-13,16,24H,2-4,7,14-15,17-18H2,1H3. The lowest BCUT2D eigenvalue weighted by Crippen LogP contribution is -2.15. The van der Waals surface area contributed by atoms with Crippen molar-refractivity contribution < 1.29 is 4.74 Å². The maximum absolute atomic E-state index is 5.94. The molecule has 0 bridgehead atoms. The summed E-state index contributed by atoms with van der Waals surface area (Å²) in [5.74, 6) is 0.940. The molecule has 0 heterocycles. The molecule has 0 spiro atoms. The van der Waals surface area contributed by atoms with Crippen LogP contribution in [-0.2, 0) is 13.2 Å². The molecule has 0 saturated heterocycles. The molecule has 1 N–H and O–H groups in total. The predicted molar refractivity (Wildman–Crippen MR) is 105 cm³/mol. The van der Waals surface area contributed by atoms with Crippen molar-refractivity contribution in [1.29, 1.82) is 0 Å². The van der Waals surface area contributed by atoms with Gasteiger partial charge in [-0.3, -0.25) is 0 Å². The van der Waals surface area contributed by atoms with Crippen LogP contribution in [0.3, 0.4) is 0 Å². The highest BCUT2D eigenvalue weighted by molar-refractivity contribution is 5.29. The zero-order valence-corrected chi connectivity index (χ0v) is 15.3. The van der Waals surface area contributed by atoms with Gasteiger partial charge in [0.25, 0.3) is 0 Å². The minimum absolute atomic E-state index is 0.616. The molecule has 0 aromatic heterocycles. The maximum Gasteiger partial charge on any atom is 0.120 e. The van der Waals surface area contributed by atoms with Gasteiger partial charge in [0.15, 0.2) is 0 Å². The highest BCUT2D eigenvalue weighted by atomic mass is 16.5. The van der Waals surface area contributed by atoms with E-state index in [0.29, 0.717) is 6.61 Å². The largest absolute Gasteiger partial charge is 0.489 e. The Morgan fingerprint density at radius 1 is 1.00 bits per heavy atom. The van der Waals surface area contributed by atoms with Crippen LogP contribution in [0.1, 0.15) is 48.8 Å². The lowest BCUT2D eigenvalue weighted by atomic mass is 9.97. The molecule has 0 unspecified atom stereocenters. The van der Waals surface area contributed by atoms with E-state index in [2.05, 4.69) is 60.8 Å². The minimum Gasteiger partial charge on any atom is -0.489 e. The average molecular weight is 335 g/mol. The van der Waals surface area contributed by atoms with E-state index in [4.69, 9.17) is 4.74 Å². The molecule has 0 amide bonds. The topological polar surface area (TPSA) is 21.3 Å². The fourth-order valence-corrected chi connectivity index (χ4v) is 3.21. The number of hydrogen-bond donors (Lipinski definition) is 1. The van der Waals surface area contributed by atoms with Gasteiger partial charge in [-0.15, -0.1) is 0 Å². The second-order valence-electron chi connectivity index (χ2n) is 6.96. The van der Waals surface area contributed by atoms with Gasteiger partial charge in [-0.25, -0.2) is 0 Å². The number of nitrogens with one attached hydrogen (secondary N) is 1. The van der Waals surface area contributed by atoms with E-state index < -0.39 is 0 Å². The summed E-state index contributed by atoms with van der Waals surface area (Å²) in [6.45, 7) is 4.67. The summed E-state index contributed by atoms with van der Waals surface area (Å²) in [7, 11) is 0. The molecule has 2 aromatic carbocycles. The van der Waals surface area contributed by atoms with Gasteiger partial charge in [0, 0.05) is 6.54 Å². The number of allylic oxidation sites excluding steroid dienone is 1. The first kappa shape index (κ1) is 17.8. The van der Waals surface area contributed by atoms with Crippen LogP contribution in [0.5, 0.6) is 5.75 Å². The second kappa shape index (κ2) is 9.43. The van der Waals surface area contributed by atoms with Gasteiger partial charge in [0.2, 0.25) is 0 Å². The smallest absolute Gasteiger partial charge is 0.120 e. The number of aryl methyl sites for hydroxylation is 1. The van der Waals surface area contributed by atoms with Gasteiger partial charge < -0.3 is 10.1 Å². The van der Waals surface area contributed by atoms with Crippen molar-refractivity contribution in [2.24, 2.45) is 0 Å². The first-order valence-electron chi connectivity index (χ1n) is 9.45. The Morgan fingerprint density at radius 3 is 2.68 bits per heavy atom. The third kappa shape index (κ3) is 6.06. The molecular weight excluding hydrogens is 306 g/mol. The average Bonchev–Trinajstić information content (AvgIpc) is 2.66. The number of hydrogen-bond acceptors (Lipinski definition) is 2. The van der Waals surface area contributed by atoms with Crippen LogP contribution in [0.4, 0.5) is 0 Å². The SMILES string of the molecule is Cc1ccc(COc2cccc(CNCCC3=CCCCC3)c2)cc1.